The van der Waals surface area contributed by atoms with Gasteiger partial charge in [0.05, 0.1) is 5.69 Å². The smallest absolute Gasteiger partial charge is 0.286 e. The molecule has 0 aromatic heterocycles. The van der Waals surface area contributed by atoms with Gasteiger partial charge in [0, 0.05) is 5.75 Å². The highest BCUT2D eigenvalue weighted by molar-refractivity contribution is 8.14. The fourth-order valence-corrected chi connectivity index (χ4v) is 4.25. The minimum Gasteiger partial charge on any atom is -0.333 e. The molecule has 0 bridgehead atoms. The van der Waals surface area contributed by atoms with Gasteiger partial charge in [0.15, 0.2) is 5.17 Å². The van der Waals surface area contributed by atoms with Gasteiger partial charge in [-0.3, -0.25) is 0 Å². The van der Waals surface area contributed by atoms with Gasteiger partial charge in [-0.2, -0.15) is 8.42 Å². The molecule has 0 radical (unpaired) electrons. The van der Waals surface area contributed by atoms with E-state index in [4.69, 9.17) is 0 Å². The standard InChI is InChI=1S/C16H14N2O2S2/c1-2-12-7-9-13(10-8-12)11-21-16-17-14-5-3-4-6-15(14)22(19,20)18-16/h2-10H,1,11H2,(H,17,18). The van der Waals surface area contributed by atoms with E-state index < -0.39 is 10.0 Å². The quantitative estimate of drug-likeness (QED) is 0.931. The Morgan fingerprint density at radius 1 is 1.14 bits per heavy atom. The zero-order valence-corrected chi connectivity index (χ0v) is 13.3. The van der Waals surface area contributed by atoms with Crippen LogP contribution in [-0.2, 0) is 15.8 Å². The molecule has 1 aliphatic heterocycles. The van der Waals surface area contributed by atoms with Crippen LogP contribution in [0.25, 0.3) is 6.08 Å². The zero-order valence-electron chi connectivity index (χ0n) is 11.7. The Hall–Kier alpha value is -2.05. The van der Waals surface area contributed by atoms with Crippen LogP contribution in [0.1, 0.15) is 11.1 Å². The lowest BCUT2D eigenvalue weighted by atomic mass is 10.1. The molecule has 2 aromatic rings. The van der Waals surface area contributed by atoms with Gasteiger partial charge in [0.2, 0.25) is 0 Å². The van der Waals surface area contributed by atoms with Crippen molar-refractivity contribution in [1.82, 2.24) is 0 Å². The molecule has 4 nitrogen and oxygen atoms in total. The summed E-state index contributed by atoms with van der Waals surface area (Å²) in [6, 6.07) is 14.7. The number of thioether (sulfide) groups is 1. The van der Waals surface area contributed by atoms with Crippen molar-refractivity contribution in [1.29, 1.82) is 0 Å². The summed E-state index contributed by atoms with van der Waals surface area (Å²) in [5.74, 6) is 0.640. The van der Waals surface area contributed by atoms with Crippen molar-refractivity contribution in [2.75, 3.05) is 5.32 Å². The number of sulfonamides is 1. The summed E-state index contributed by atoms with van der Waals surface area (Å²) in [5, 5.41) is 3.46. The van der Waals surface area contributed by atoms with Crippen LogP contribution in [0.2, 0.25) is 0 Å². The van der Waals surface area contributed by atoms with Crippen LogP contribution in [0.4, 0.5) is 5.69 Å². The van der Waals surface area contributed by atoms with Crippen LogP contribution in [-0.4, -0.2) is 13.6 Å². The molecule has 6 heteroatoms. The number of fused-ring (bicyclic) bond motifs is 1. The molecule has 0 saturated heterocycles. The molecule has 1 N–H and O–H groups in total. The van der Waals surface area contributed by atoms with E-state index in [2.05, 4.69) is 16.3 Å². The Bertz CT molecular complexity index is 841. The molecule has 3 rings (SSSR count). The molecule has 0 unspecified atom stereocenters. The molecular weight excluding hydrogens is 316 g/mol. The summed E-state index contributed by atoms with van der Waals surface area (Å²) in [6.45, 7) is 3.72. The predicted octanol–water partition coefficient (Wildman–Crippen LogP) is 3.73. The molecule has 0 spiro atoms. The minimum absolute atomic E-state index is 0.217. The number of hydrogen-bond donors (Lipinski definition) is 1. The van der Waals surface area contributed by atoms with Crippen LogP contribution in [0.3, 0.4) is 0 Å². The van der Waals surface area contributed by atoms with Gasteiger partial charge < -0.3 is 5.32 Å². The number of hydrogen-bond acceptors (Lipinski definition) is 4. The second kappa shape index (κ2) is 5.98. The van der Waals surface area contributed by atoms with Crippen molar-refractivity contribution in [2.24, 2.45) is 4.40 Å². The molecular formula is C16H14N2O2S2. The summed E-state index contributed by atoms with van der Waals surface area (Å²) < 4.78 is 28.1. The molecule has 2 aromatic carbocycles. The van der Waals surface area contributed by atoms with Gasteiger partial charge in [-0.15, -0.1) is 4.40 Å². The third-order valence-corrected chi connectivity index (χ3v) is 5.60. The summed E-state index contributed by atoms with van der Waals surface area (Å²) in [5.41, 5.74) is 2.72. The highest BCUT2D eigenvalue weighted by Gasteiger charge is 2.24. The first-order valence-corrected chi connectivity index (χ1v) is 9.06. The van der Waals surface area contributed by atoms with Crippen molar-refractivity contribution < 1.29 is 8.42 Å². The Morgan fingerprint density at radius 3 is 2.59 bits per heavy atom. The van der Waals surface area contributed by atoms with Crippen molar-refractivity contribution >= 4 is 38.7 Å². The Morgan fingerprint density at radius 2 is 1.86 bits per heavy atom. The van der Waals surface area contributed by atoms with E-state index in [9.17, 15) is 8.42 Å². The molecule has 112 valence electrons. The van der Waals surface area contributed by atoms with Gasteiger partial charge in [0.25, 0.3) is 10.0 Å². The summed E-state index contributed by atoms with van der Waals surface area (Å²) >= 11 is 1.36. The van der Waals surface area contributed by atoms with Crippen LogP contribution < -0.4 is 5.32 Å². The van der Waals surface area contributed by atoms with E-state index in [0.29, 0.717) is 16.6 Å². The van der Waals surface area contributed by atoms with Gasteiger partial charge in [-0.25, -0.2) is 0 Å². The van der Waals surface area contributed by atoms with E-state index in [1.165, 1.54) is 11.8 Å². The number of nitrogens with one attached hydrogen (secondary N) is 1. The van der Waals surface area contributed by atoms with Gasteiger partial charge in [0.1, 0.15) is 4.90 Å². The first-order valence-electron chi connectivity index (χ1n) is 6.64. The van der Waals surface area contributed by atoms with E-state index in [1.807, 2.05) is 24.3 Å². The monoisotopic (exact) mass is 330 g/mol. The lowest BCUT2D eigenvalue weighted by molar-refractivity contribution is 0.598. The molecule has 0 amide bonds. The van der Waals surface area contributed by atoms with Crippen LogP contribution in [0, 0.1) is 0 Å². The normalized spacial score (nSPS) is 15.4. The van der Waals surface area contributed by atoms with E-state index >= 15 is 0 Å². The number of benzene rings is 2. The number of amidine groups is 1. The summed E-state index contributed by atoms with van der Waals surface area (Å²) in [7, 11) is -3.61. The van der Waals surface area contributed by atoms with Crippen molar-refractivity contribution in [2.45, 2.75) is 10.6 Å². The minimum atomic E-state index is -3.61. The second-order valence-electron chi connectivity index (χ2n) is 4.73. The highest BCUT2D eigenvalue weighted by Crippen LogP contribution is 2.29. The molecule has 22 heavy (non-hydrogen) atoms. The third kappa shape index (κ3) is 3.08. The number of rotatable bonds is 3. The maximum absolute atomic E-state index is 12.1. The number of nitrogens with zero attached hydrogens (tertiary/aromatic N) is 1. The zero-order chi connectivity index (χ0) is 15.6. The molecule has 1 heterocycles. The van der Waals surface area contributed by atoms with Crippen molar-refractivity contribution in [3.05, 3.63) is 66.2 Å². The third-order valence-electron chi connectivity index (χ3n) is 3.20. The average Bonchev–Trinajstić information content (AvgIpc) is 2.53. The fraction of sp³-hybridized carbons (Fsp3) is 0.0625. The van der Waals surface area contributed by atoms with Crippen molar-refractivity contribution in [3.8, 4) is 0 Å². The van der Waals surface area contributed by atoms with Crippen molar-refractivity contribution in [3.63, 3.8) is 0 Å². The number of para-hydroxylation sites is 1. The molecule has 0 aliphatic carbocycles. The fourth-order valence-electron chi connectivity index (χ4n) is 2.06. The average molecular weight is 330 g/mol. The van der Waals surface area contributed by atoms with Crippen LogP contribution >= 0.6 is 11.8 Å². The topological polar surface area (TPSA) is 58.5 Å². The van der Waals surface area contributed by atoms with E-state index in [1.54, 1.807) is 30.3 Å². The second-order valence-corrected chi connectivity index (χ2v) is 7.26. The Labute approximate surface area is 134 Å². The van der Waals surface area contributed by atoms with Crippen LogP contribution in [0.5, 0.6) is 0 Å². The van der Waals surface area contributed by atoms with E-state index in [-0.39, 0.29) is 4.90 Å². The number of anilines is 1. The van der Waals surface area contributed by atoms with Gasteiger partial charge >= 0.3 is 0 Å². The van der Waals surface area contributed by atoms with E-state index in [0.717, 1.165) is 11.1 Å². The summed E-state index contributed by atoms with van der Waals surface area (Å²) in [4.78, 5) is 0.217. The maximum Gasteiger partial charge on any atom is 0.286 e. The van der Waals surface area contributed by atoms with Gasteiger partial charge in [-0.1, -0.05) is 60.8 Å². The summed E-state index contributed by atoms with van der Waals surface area (Å²) in [6.07, 6.45) is 1.78. The Kier molecular flexibility index (Phi) is 4.04. The lowest BCUT2D eigenvalue weighted by Crippen LogP contribution is -2.18. The molecule has 0 saturated carbocycles. The maximum atomic E-state index is 12.1. The largest absolute Gasteiger partial charge is 0.333 e. The molecule has 1 aliphatic rings. The highest BCUT2D eigenvalue weighted by atomic mass is 32.2. The molecule has 0 atom stereocenters. The van der Waals surface area contributed by atoms with Gasteiger partial charge in [-0.05, 0) is 23.3 Å². The predicted molar refractivity (Wildman–Crippen MR) is 92.5 cm³/mol. The SMILES string of the molecule is C=Cc1ccc(CSC2=NS(=O)(=O)c3ccccc3N2)cc1. The first-order chi connectivity index (χ1) is 10.6. The Balaban J connectivity index is 1.76. The van der Waals surface area contributed by atoms with Crippen LogP contribution in [0.15, 0.2) is 64.4 Å². The lowest BCUT2D eigenvalue weighted by Gasteiger charge is -2.17. The molecule has 0 fully saturated rings. The first kappa shape index (κ1) is 14.9.